The Balaban J connectivity index is 1.16. The Hall–Kier alpha value is -3.70. The van der Waals surface area contributed by atoms with Crippen molar-refractivity contribution in [1.82, 2.24) is 21.3 Å². The minimum Gasteiger partial charge on any atom is -0.449 e. The summed E-state index contributed by atoms with van der Waals surface area (Å²) in [7, 11) is 0. The van der Waals surface area contributed by atoms with Crippen LogP contribution in [0.5, 0.6) is 0 Å². The van der Waals surface area contributed by atoms with E-state index in [0.29, 0.717) is 37.8 Å². The molecule has 4 N–H and O–H groups in total. The van der Waals surface area contributed by atoms with E-state index in [2.05, 4.69) is 21.3 Å². The van der Waals surface area contributed by atoms with Crippen molar-refractivity contribution in [2.24, 2.45) is 11.8 Å². The summed E-state index contributed by atoms with van der Waals surface area (Å²) < 4.78 is 20.6. The Labute approximate surface area is 260 Å². The zero-order valence-electron chi connectivity index (χ0n) is 25.9. The molecular formula is C32H50N4O8. The molecule has 2 aliphatic rings. The Morgan fingerprint density at radius 1 is 0.545 bits per heavy atom. The van der Waals surface area contributed by atoms with Gasteiger partial charge in [-0.2, -0.15) is 0 Å². The molecule has 1 aromatic carbocycles. The number of alkyl carbamates (subject to hydrolysis) is 4. The summed E-state index contributed by atoms with van der Waals surface area (Å²) in [4.78, 5) is 47.6. The predicted molar refractivity (Wildman–Crippen MR) is 164 cm³/mol. The van der Waals surface area contributed by atoms with E-state index in [4.69, 9.17) is 18.9 Å². The van der Waals surface area contributed by atoms with Crippen LogP contribution in [0.25, 0.3) is 0 Å². The molecule has 12 nitrogen and oxygen atoms in total. The van der Waals surface area contributed by atoms with E-state index in [9.17, 15) is 19.2 Å². The van der Waals surface area contributed by atoms with Crippen molar-refractivity contribution in [2.75, 3.05) is 39.5 Å². The summed E-state index contributed by atoms with van der Waals surface area (Å²) in [5, 5.41) is 11.0. The normalized spacial score (nSPS) is 15.5. The molecular weight excluding hydrogens is 568 g/mol. The molecule has 246 valence electrons. The third kappa shape index (κ3) is 15.7. The standard InChI is InChI=1S/C32H50N4O8/c37-29(33-21-25-10-3-1-4-11-25)41-16-8-18-43-31(39)35-23-27-14-7-15-28(20-27)24-36-32(40)44-19-9-17-42-30(38)34-22-26-12-5-2-6-13-26/h7,14-15,20,25-26H,1-6,8-13,16-19,21-24H2,(H,33,37)(H,34,38)(H,35,39)(H,36,40). The predicted octanol–water partition coefficient (Wildman–Crippen LogP) is 5.53. The van der Waals surface area contributed by atoms with Gasteiger partial charge in [-0.25, -0.2) is 19.2 Å². The van der Waals surface area contributed by atoms with Crippen LogP contribution in [0.15, 0.2) is 24.3 Å². The fourth-order valence-corrected chi connectivity index (χ4v) is 5.42. The molecule has 0 aliphatic heterocycles. The smallest absolute Gasteiger partial charge is 0.407 e. The highest BCUT2D eigenvalue weighted by Crippen LogP contribution is 2.23. The van der Waals surface area contributed by atoms with Gasteiger partial charge in [-0.3, -0.25) is 0 Å². The van der Waals surface area contributed by atoms with Gasteiger partial charge in [0.2, 0.25) is 0 Å². The number of ether oxygens (including phenoxy) is 4. The molecule has 1 aromatic rings. The highest BCUT2D eigenvalue weighted by molar-refractivity contribution is 5.68. The first-order valence-corrected chi connectivity index (χ1v) is 16.2. The van der Waals surface area contributed by atoms with Crippen LogP contribution in [0, 0.1) is 11.8 Å². The van der Waals surface area contributed by atoms with Gasteiger partial charge in [0, 0.05) is 39.0 Å². The highest BCUT2D eigenvalue weighted by Gasteiger charge is 2.16. The maximum Gasteiger partial charge on any atom is 0.407 e. The highest BCUT2D eigenvalue weighted by atomic mass is 16.6. The average Bonchev–Trinajstić information content (AvgIpc) is 3.05. The zero-order chi connectivity index (χ0) is 31.2. The van der Waals surface area contributed by atoms with Crippen molar-refractivity contribution < 1.29 is 38.1 Å². The molecule has 0 atom stereocenters. The zero-order valence-corrected chi connectivity index (χ0v) is 25.9. The summed E-state index contributed by atoms with van der Waals surface area (Å²) in [6.07, 6.45) is 10.9. The minimum atomic E-state index is -0.565. The van der Waals surface area contributed by atoms with Gasteiger partial charge >= 0.3 is 24.4 Å². The van der Waals surface area contributed by atoms with E-state index in [0.717, 1.165) is 36.8 Å². The van der Waals surface area contributed by atoms with Gasteiger partial charge in [0.15, 0.2) is 0 Å². The van der Waals surface area contributed by atoms with E-state index >= 15 is 0 Å². The van der Waals surface area contributed by atoms with Gasteiger partial charge in [0.1, 0.15) is 0 Å². The van der Waals surface area contributed by atoms with Crippen LogP contribution in [-0.4, -0.2) is 63.9 Å². The maximum absolute atomic E-state index is 12.0. The van der Waals surface area contributed by atoms with Crippen LogP contribution in [-0.2, 0) is 32.0 Å². The van der Waals surface area contributed by atoms with Crippen molar-refractivity contribution in [3.63, 3.8) is 0 Å². The van der Waals surface area contributed by atoms with Gasteiger partial charge < -0.3 is 40.2 Å². The molecule has 0 saturated heterocycles. The summed E-state index contributed by atoms with van der Waals surface area (Å²) in [5.41, 5.74) is 1.68. The Morgan fingerprint density at radius 3 is 1.30 bits per heavy atom. The summed E-state index contributed by atoms with van der Waals surface area (Å²) in [6, 6.07) is 7.40. The number of amides is 4. The Bertz CT molecular complexity index is 936. The van der Waals surface area contributed by atoms with E-state index < -0.39 is 24.4 Å². The van der Waals surface area contributed by atoms with Crippen LogP contribution in [0.1, 0.15) is 88.2 Å². The molecule has 0 unspecified atom stereocenters. The van der Waals surface area contributed by atoms with Crippen LogP contribution >= 0.6 is 0 Å². The molecule has 2 saturated carbocycles. The van der Waals surface area contributed by atoms with E-state index in [-0.39, 0.29) is 39.5 Å². The number of nitrogens with one attached hydrogen (secondary N) is 4. The molecule has 44 heavy (non-hydrogen) atoms. The lowest BCUT2D eigenvalue weighted by Crippen LogP contribution is -2.31. The van der Waals surface area contributed by atoms with Gasteiger partial charge in [0.05, 0.1) is 26.4 Å². The SMILES string of the molecule is O=C(NCc1cccc(CNC(=O)OCCCOC(=O)NCC2CCCCC2)c1)OCCCOC(=O)NCC1CCCCC1. The molecule has 3 rings (SSSR count). The second-order valence-corrected chi connectivity index (χ2v) is 11.5. The van der Waals surface area contributed by atoms with Crippen LogP contribution in [0.3, 0.4) is 0 Å². The molecule has 2 fully saturated rings. The number of rotatable bonds is 16. The molecule has 0 radical (unpaired) electrons. The van der Waals surface area contributed by atoms with Gasteiger partial charge in [-0.05, 0) is 48.6 Å². The topological polar surface area (TPSA) is 153 Å². The maximum atomic E-state index is 12.0. The second-order valence-electron chi connectivity index (χ2n) is 11.5. The molecule has 0 bridgehead atoms. The van der Waals surface area contributed by atoms with Crippen molar-refractivity contribution in [1.29, 1.82) is 0 Å². The van der Waals surface area contributed by atoms with Crippen LogP contribution in [0.2, 0.25) is 0 Å². The Kier molecular flexibility index (Phi) is 16.7. The van der Waals surface area contributed by atoms with E-state index in [1.54, 1.807) is 0 Å². The van der Waals surface area contributed by atoms with Crippen LogP contribution < -0.4 is 21.3 Å². The van der Waals surface area contributed by atoms with Gasteiger partial charge in [-0.1, -0.05) is 62.8 Å². The lowest BCUT2D eigenvalue weighted by molar-refractivity contribution is 0.115. The minimum absolute atomic E-state index is 0.132. The molecule has 0 heterocycles. The fraction of sp³-hybridized carbons (Fsp3) is 0.688. The van der Waals surface area contributed by atoms with E-state index in [1.807, 2.05) is 24.3 Å². The molecule has 12 heteroatoms. The van der Waals surface area contributed by atoms with Gasteiger partial charge in [0.25, 0.3) is 0 Å². The van der Waals surface area contributed by atoms with Crippen molar-refractivity contribution >= 4 is 24.4 Å². The first-order chi connectivity index (χ1) is 21.5. The number of hydrogen-bond donors (Lipinski definition) is 4. The largest absolute Gasteiger partial charge is 0.449 e. The lowest BCUT2D eigenvalue weighted by Gasteiger charge is -2.21. The summed E-state index contributed by atoms with van der Waals surface area (Å²) in [6.45, 7) is 2.42. The number of hydrogen-bond acceptors (Lipinski definition) is 8. The molecule has 0 spiro atoms. The quantitative estimate of drug-likeness (QED) is 0.139. The summed E-state index contributed by atoms with van der Waals surface area (Å²) in [5.74, 6) is 1.07. The van der Waals surface area contributed by atoms with E-state index in [1.165, 1.54) is 38.5 Å². The Morgan fingerprint density at radius 2 is 0.909 bits per heavy atom. The second kappa shape index (κ2) is 21.1. The number of benzene rings is 1. The van der Waals surface area contributed by atoms with Crippen LogP contribution in [0.4, 0.5) is 19.2 Å². The summed E-state index contributed by atoms with van der Waals surface area (Å²) >= 11 is 0. The van der Waals surface area contributed by atoms with Gasteiger partial charge in [-0.15, -0.1) is 0 Å². The molecule has 2 aliphatic carbocycles. The number of carbonyl (C=O) groups is 4. The third-order valence-electron chi connectivity index (χ3n) is 7.89. The first-order valence-electron chi connectivity index (χ1n) is 16.2. The van der Waals surface area contributed by atoms with Crippen molar-refractivity contribution in [3.05, 3.63) is 35.4 Å². The molecule has 4 amide bonds. The fourth-order valence-electron chi connectivity index (χ4n) is 5.42. The third-order valence-corrected chi connectivity index (χ3v) is 7.89. The lowest BCUT2D eigenvalue weighted by atomic mass is 9.89. The number of carbonyl (C=O) groups excluding carboxylic acids is 4. The van der Waals surface area contributed by atoms with Crippen molar-refractivity contribution in [2.45, 2.75) is 90.1 Å². The van der Waals surface area contributed by atoms with Crippen molar-refractivity contribution in [3.8, 4) is 0 Å². The monoisotopic (exact) mass is 618 g/mol. The average molecular weight is 619 g/mol. The molecule has 0 aromatic heterocycles. The first kappa shape index (κ1) is 34.8.